The molecule has 96 valence electrons. The van der Waals surface area contributed by atoms with Gasteiger partial charge in [-0.3, -0.25) is 4.79 Å². The Labute approximate surface area is 106 Å². The third-order valence-corrected chi connectivity index (χ3v) is 2.86. The molecule has 0 saturated carbocycles. The highest BCUT2D eigenvalue weighted by Gasteiger charge is 2.26. The fraction of sp³-hybridized carbons (Fsp3) is 0.636. The lowest BCUT2D eigenvalue weighted by molar-refractivity contribution is -0.120. The molecule has 0 fully saturated rings. The van der Waals surface area contributed by atoms with Crippen LogP contribution in [-0.2, 0) is 11.8 Å². The largest absolute Gasteiger partial charge is 0.481 e. The summed E-state index contributed by atoms with van der Waals surface area (Å²) in [7, 11) is 3.29. The van der Waals surface area contributed by atoms with Crippen LogP contribution in [-0.4, -0.2) is 29.3 Å². The van der Waals surface area contributed by atoms with Crippen LogP contribution >= 0.6 is 11.6 Å². The number of rotatable bonds is 5. The van der Waals surface area contributed by atoms with Crippen molar-refractivity contribution < 1.29 is 9.53 Å². The summed E-state index contributed by atoms with van der Waals surface area (Å²) in [5, 5.41) is 6.17. The fourth-order valence-electron chi connectivity index (χ4n) is 1.66. The Balaban J connectivity index is 2.95. The second kappa shape index (κ2) is 5.91. The lowest BCUT2D eigenvalue weighted by atomic mass is 10.1. The van der Waals surface area contributed by atoms with Crippen LogP contribution in [0.5, 0.6) is 5.88 Å². The highest BCUT2D eigenvalue weighted by molar-refractivity contribution is 6.31. The van der Waals surface area contributed by atoms with E-state index < -0.39 is 5.38 Å². The lowest BCUT2D eigenvalue weighted by Gasteiger charge is -2.11. The number of ether oxygens (including phenoxy) is 1. The number of hydrogen-bond acceptors (Lipinski definition) is 3. The first kappa shape index (κ1) is 13.8. The molecule has 0 bridgehead atoms. The van der Waals surface area contributed by atoms with E-state index in [4.69, 9.17) is 16.3 Å². The second-order valence-electron chi connectivity index (χ2n) is 3.79. The number of hydrogen-bond donors (Lipinski definition) is 1. The molecule has 0 aliphatic rings. The molecule has 5 nitrogen and oxygen atoms in total. The van der Waals surface area contributed by atoms with E-state index in [0.717, 1.165) is 6.42 Å². The maximum atomic E-state index is 11.8. The number of alkyl halides is 1. The standard InChI is InChI=1S/C11H18ClN3O2/c1-5-6-13-10(16)9(12)8-7(2)14-15(3)11(8)17-4/h9H,5-6H2,1-4H3,(H,13,16). The molecule has 0 aliphatic heterocycles. The smallest absolute Gasteiger partial charge is 0.242 e. The minimum absolute atomic E-state index is 0.220. The molecule has 1 N–H and O–H groups in total. The van der Waals surface area contributed by atoms with Crippen LogP contribution in [0.2, 0.25) is 0 Å². The molecule has 0 aromatic carbocycles. The Bertz CT molecular complexity index is 404. The van der Waals surface area contributed by atoms with E-state index in [-0.39, 0.29) is 5.91 Å². The average Bonchev–Trinajstić information content (AvgIpc) is 2.59. The summed E-state index contributed by atoms with van der Waals surface area (Å²) < 4.78 is 6.79. The number of halogens is 1. The molecule has 1 amide bonds. The molecule has 1 atom stereocenters. The monoisotopic (exact) mass is 259 g/mol. The van der Waals surface area contributed by atoms with Crippen molar-refractivity contribution in [3.05, 3.63) is 11.3 Å². The molecule has 17 heavy (non-hydrogen) atoms. The Morgan fingerprint density at radius 2 is 2.29 bits per heavy atom. The first-order valence-corrected chi connectivity index (χ1v) is 5.95. The van der Waals surface area contributed by atoms with Gasteiger partial charge in [-0.2, -0.15) is 5.10 Å². The summed E-state index contributed by atoms with van der Waals surface area (Å²) in [6.45, 7) is 4.41. The number of methoxy groups -OCH3 is 1. The predicted molar refractivity (Wildman–Crippen MR) is 66.4 cm³/mol. The third kappa shape index (κ3) is 2.91. The maximum Gasteiger partial charge on any atom is 0.242 e. The first-order valence-electron chi connectivity index (χ1n) is 5.52. The van der Waals surface area contributed by atoms with E-state index in [9.17, 15) is 4.79 Å². The van der Waals surface area contributed by atoms with Gasteiger partial charge >= 0.3 is 0 Å². The molecule has 1 aromatic rings. The van der Waals surface area contributed by atoms with Crippen LogP contribution < -0.4 is 10.1 Å². The number of amides is 1. The van der Waals surface area contributed by atoms with E-state index in [1.54, 1.807) is 18.7 Å². The summed E-state index contributed by atoms with van der Waals surface area (Å²) in [4.78, 5) is 11.8. The van der Waals surface area contributed by atoms with Crippen LogP contribution in [0.4, 0.5) is 0 Å². The molecule has 0 saturated heterocycles. The van der Waals surface area contributed by atoms with Gasteiger partial charge in [-0.25, -0.2) is 4.68 Å². The zero-order valence-corrected chi connectivity index (χ0v) is 11.3. The highest BCUT2D eigenvalue weighted by atomic mass is 35.5. The highest BCUT2D eigenvalue weighted by Crippen LogP contribution is 2.32. The number of aryl methyl sites for hydroxylation is 2. The van der Waals surface area contributed by atoms with Gasteiger partial charge in [0.2, 0.25) is 11.8 Å². The SMILES string of the molecule is CCCNC(=O)C(Cl)c1c(C)nn(C)c1OC. The molecular weight excluding hydrogens is 242 g/mol. The Morgan fingerprint density at radius 1 is 1.65 bits per heavy atom. The van der Waals surface area contributed by atoms with Crippen LogP contribution in [0, 0.1) is 6.92 Å². The van der Waals surface area contributed by atoms with Crippen LogP contribution in [0.3, 0.4) is 0 Å². The van der Waals surface area contributed by atoms with Gasteiger partial charge in [-0.15, -0.1) is 11.6 Å². The van der Waals surface area contributed by atoms with E-state index >= 15 is 0 Å². The van der Waals surface area contributed by atoms with Gasteiger partial charge in [0.25, 0.3) is 0 Å². The molecule has 1 unspecified atom stereocenters. The fourth-order valence-corrected chi connectivity index (χ4v) is 1.98. The van der Waals surface area contributed by atoms with Gasteiger partial charge in [0.05, 0.1) is 18.4 Å². The summed E-state index contributed by atoms with van der Waals surface area (Å²) in [5.74, 6) is 0.303. The Kier molecular flexibility index (Phi) is 4.81. The van der Waals surface area contributed by atoms with E-state index in [1.165, 1.54) is 7.11 Å². The van der Waals surface area contributed by atoms with Crippen molar-refractivity contribution in [1.82, 2.24) is 15.1 Å². The van der Waals surface area contributed by atoms with Crippen LogP contribution in [0.15, 0.2) is 0 Å². The van der Waals surface area contributed by atoms with Crippen molar-refractivity contribution in [1.29, 1.82) is 0 Å². The summed E-state index contributed by atoms with van der Waals surface area (Å²) in [6.07, 6.45) is 0.874. The van der Waals surface area contributed by atoms with Gasteiger partial charge in [0.1, 0.15) is 5.38 Å². The van der Waals surface area contributed by atoms with Crippen molar-refractivity contribution in [3.63, 3.8) is 0 Å². The molecule has 1 rings (SSSR count). The number of nitrogens with one attached hydrogen (secondary N) is 1. The van der Waals surface area contributed by atoms with Gasteiger partial charge in [0.15, 0.2) is 0 Å². The van der Waals surface area contributed by atoms with Gasteiger partial charge in [-0.1, -0.05) is 6.92 Å². The molecule has 0 radical (unpaired) electrons. The Hall–Kier alpha value is -1.23. The van der Waals surface area contributed by atoms with Crippen LogP contribution in [0.1, 0.15) is 30.0 Å². The van der Waals surface area contributed by atoms with Gasteiger partial charge in [-0.05, 0) is 13.3 Å². The number of aromatic nitrogens is 2. The summed E-state index contributed by atoms with van der Waals surface area (Å²) >= 11 is 6.15. The van der Waals surface area contributed by atoms with E-state index in [2.05, 4.69) is 10.4 Å². The quantitative estimate of drug-likeness (QED) is 0.816. The average molecular weight is 260 g/mol. The van der Waals surface area contributed by atoms with Crippen molar-refractivity contribution >= 4 is 17.5 Å². The summed E-state index contributed by atoms with van der Waals surface area (Å²) in [5.41, 5.74) is 1.33. The van der Waals surface area contributed by atoms with Crippen molar-refractivity contribution in [3.8, 4) is 5.88 Å². The van der Waals surface area contributed by atoms with Gasteiger partial charge < -0.3 is 10.1 Å². The third-order valence-electron chi connectivity index (χ3n) is 2.44. The normalized spacial score (nSPS) is 12.3. The number of nitrogens with zero attached hydrogens (tertiary/aromatic N) is 2. The molecular formula is C11H18ClN3O2. The van der Waals surface area contributed by atoms with Crippen molar-refractivity contribution in [2.45, 2.75) is 25.6 Å². The number of carbonyl (C=O) groups excluding carboxylic acids is 1. The van der Waals surface area contributed by atoms with E-state index in [0.29, 0.717) is 23.7 Å². The maximum absolute atomic E-state index is 11.8. The first-order chi connectivity index (χ1) is 8.02. The van der Waals surface area contributed by atoms with Crippen molar-refractivity contribution in [2.75, 3.05) is 13.7 Å². The number of carbonyl (C=O) groups is 1. The van der Waals surface area contributed by atoms with E-state index in [1.807, 2.05) is 6.92 Å². The molecule has 0 aliphatic carbocycles. The second-order valence-corrected chi connectivity index (χ2v) is 4.22. The lowest BCUT2D eigenvalue weighted by Crippen LogP contribution is -2.27. The van der Waals surface area contributed by atoms with Gasteiger partial charge in [0, 0.05) is 13.6 Å². The Morgan fingerprint density at radius 3 is 2.82 bits per heavy atom. The molecule has 1 aromatic heterocycles. The zero-order chi connectivity index (χ0) is 13.0. The molecule has 0 spiro atoms. The predicted octanol–water partition coefficient (Wildman–Crippen LogP) is 1.54. The molecule has 1 heterocycles. The minimum atomic E-state index is -0.773. The summed E-state index contributed by atoms with van der Waals surface area (Å²) in [6, 6.07) is 0. The van der Waals surface area contributed by atoms with Crippen molar-refractivity contribution in [2.24, 2.45) is 7.05 Å². The topological polar surface area (TPSA) is 56.2 Å². The molecule has 6 heteroatoms. The minimum Gasteiger partial charge on any atom is -0.481 e. The van der Waals surface area contributed by atoms with Crippen LogP contribution in [0.25, 0.3) is 0 Å². The zero-order valence-electron chi connectivity index (χ0n) is 10.6.